The van der Waals surface area contributed by atoms with Crippen LogP contribution in [0.3, 0.4) is 0 Å². The van der Waals surface area contributed by atoms with Gasteiger partial charge in [0.1, 0.15) is 5.65 Å². The van der Waals surface area contributed by atoms with Crippen molar-refractivity contribution in [3.8, 4) is 11.3 Å². The largest absolute Gasteiger partial charge is 0.395 e. The lowest BCUT2D eigenvalue weighted by Gasteiger charge is -2.08. The normalized spacial score (nSPS) is 11.0. The zero-order valence-electron chi connectivity index (χ0n) is 14.8. The summed E-state index contributed by atoms with van der Waals surface area (Å²) >= 11 is 0. The Hall–Kier alpha value is -2.66. The molecule has 0 fully saturated rings. The lowest BCUT2D eigenvalue weighted by Crippen LogP contribution is -2.28. The highest BCUT2D eigenvalue weighted by molar-refractivity contribution is 5.82. The molecule has 5 nitrogen and oxygen atoms in total. The molecule has 0 atom stereocenters. The quantitative estimate of drug-likeness (QED) is 0.752. The summed E-state index contributed by atoms with van der Waals surface area (Å²) in [5.74, 6) is -0.123. The molecule has 25 heavy (non-hydrogen) atoms. The molecule has 130 valence electrons. The van der Waals surface area contributed by atoms with Gasteiger partial charge in [-0.05, 0) is 49.6 Å². The van der Waals surface area contributed by atoms with E-state index in [4.69, 9.17) is 10.1 Å². The molecular formula is C20H23N3O2. The SMILES string of the molecule is Cc1ccc(-c2nc3c(C)cccn3c2CC(=O)NCCO)cc1C. The second-order valence-corrected chi connectivity index (χ2v) is 6.34. The molecule has 0 radical (unpaired) electrons. The van der Waals surface area contributed by atoms with Crippen LogP contribution in [0.1, 0.15) is 22.4 Å². The summed E-state index contributed by atoms with van der Waals surface area (Å²) in [5.41, 5.74) is 7.05. The predicted octanol–water partition coefficient (Wildman–Crippen LogP) is 2.58. The van der Waals surface area contributed by atoms with Crippen LogP contribution in [0.2, 0.25) is 0 Å². The lowest BCUT2D eigenvalue weighted by molar-refractivity contribution is -0.120. The van der Waals surface area contributed by atoms with Gasteiger partial charge in [0.2, 0.25) is 5.91 Å². The maximum absolute atomic E-state index is 12.2. The molecule has 0 saturated carbocycles. The molecule has 2 heterocycles. The zero-order chi connectivity index (χ0) is 18.0. The van der Waals surface area contributed by atoms with Gasteiger partial charge in [0.05, 0.1) is 24.4 Å². The van der Waals surface area contributed by atoms with Crippen LogP contribution in [-0.4, -0.2) is 33.6 Å². The highest BCUT2D eigenvalue weighted by Crippen LogP contribution is 2.27. The second-order valence-electron chi connectivity index (χ2n) is 6.34. The predicted molar refractivity (Wildman–Crippen MR) is 98.6 cm³/mol. The third kappa shape index (κ3) is 3.42. The van der Waals surface area contributed by atoms with Crippen LogP contribution in [0, 0.1) is 20.8 Å². The van der Waals surface area contributed by atoms with E-state index < -0.39 is 0 Å². The number of hydrogen-bond donors (Lipinski definition) is 2. The first-order chi connectivity index (χ1) is 12.0. The average Bonchev–Trinajstić information content (AvgIpc) is 2.95. The first kappa shape index (κ1) is 17.2. The van der Waals surface area contributed by atoms with E-state index >= 15 is 0 Å². The van der Waals surface area contributed by atoms with E-state index in [9.17, 15) is 4.79 Å². The number of pyridine rings is 1. The van der Waals surface area contributed by atoms with Crippen LogP contribution in [0.4, 0.5) is 0 Å². The van der Waals surface area contributed by atoms with E-state index in [-0.39, 0.29) is 25.5 Å². The number of carbonyl (C=O) groups excluding carboxylic acids is 1. The first-order valence-corrected chi connectivity index (χ1v) is 8.43. The minimum atomic E-state index is -0.123. The third-order valence-corrected chi connectivity index (χ3v) is 4.49. The highest BCUT2D eigenvalue weighted by Gasteiger charge is 2.18. The monoisotopic (exact) mass is 337 g/mol. The van der Waals surface area contributed by atoms with Crippen LogP contribution in [0.5, 0.6) is 0 Å². The molecule has 0 bridgehead atoms. The Morgan fingerprint density at radius 3 is 2.68 bits per heavy atom. The van der Waals surface area contributed by atoms with Crippen molar-refractivity contribution in [3.63, 3.8) is 0 Å². The van der Waals surface area contributed by atoms with Gasteiger partial charge in [0, 0.05) is 18.3 Å². The maximum atomic E-state index is 12.2. The van der Waals surface area contributed by atoms with Crippen molar-refractivity contribution in [1.82, 2.24) is 14.7 Å². The number of rotatable bonds is 5. The molecule has 3 aromatic rings. The summed E-state index contributed by atoms with van der Waals surface area (Å²) in [4.78, 5) is 17.1. The molecule has 3 rings (SSSR count). The zero-order valence-corrected chi connectivity index (χ0v) is 14.8. The second kappa shape index (κ2) is 7.07. The number of aliphatic hydroxyl groups is 1. The lowest BCUT2D eigenvalue weighted by atomic mass is 10.0. The van der Waals surface area contributed by atoms with Crippen LogP contribution in [-0.2, 0) is 11.2 Å². The van der Waals surface area contributed by atoms with Gasteiger partial charge in [-0.15, -0.1) is 0 Å². The Balaban J connectivity index is 2.13. The fourth-order valence-corrected chi connectivity index (χ4v) is 2.95. The average molecular weight is 337 g/mol. The number of aryl methyl sites for hydroxylation is 3. The van der Waals surface area contributed by atoms with Crippen molar-refractivity contribution in [2.45, 2.75) is 27.2 Å². The number of aliphatic hydroxyl groups excluding tert-OH is 1. The van der Waals surface area contributed by atoms with Crippen molar-refractivity contribution in [2.75, 3.05) is 13.2 Å². The molecule has 5 heteroatoms. The van der Waals surface area contributed by atoms with E-state index in [1.165, 1.54) is 11.1 Å². The van der Waals surface area contributed by atoms with Gasteiger partial charge in [-0.2, -0.15) is 0 Å². The fourth-order valence-electron chi connectivity index (χ4n) is 2.95. The molecule has 0 unspecified atom stereocenters. The summed E-state index contributed by atoms with van der Waals surface area (Å²) in [7, 11) is 0. The number of aromatic nitrogens is 2. The highest BCUT2D eigenvalue weighted by atomic mass is 16.3. The van der Waals surface area contributed by atoms with Crippen LogP contribution in [0.25, 0.3) is 16.9 Å². The van der Waals surface area contributed by atoms with Gasteiger partial charge < -0.3 is 14.8 Å². The van der Waals surface area contributed by atoms with Crippen LogP contribution in [0.15, 0.2) is 36.5 Å². The van der Waals surface area contributed by atoms with Crippen molar-refractivity contribution < 1.29 is 9.90 Å². The topological polar surface area (TPSA) is 66.6 Å². The molecular weight excluding hydrogens is 314 g/mol. The number of nitrogens with zero attached hydrogens (tertiary/aromatic N) is 2. The van der Waals surface area contributed by atoms with Gasteiger partial charge >= 0.3 is 0 Å². The molecule has 2 aromatic heterocycles. The summed E-state index contributed by atoms with van der Waals surface area (Å²) < 4.78 is 1.98. The standard InChI is InChI=1S/C20H23N3O2/c1-13-6-7-16(11-15(13)3)19-17(12-18(25)21-8-10-24)23-9-4-5-14(2)20(23)22-19/h4-7,9,11,24H,8,10,12H2,1-3H3,(H,21,25). The van der Waals surface area contributed by atoms with Crippen LogP contribution < -0.4 is 5.32 Å². The molecule has 0 saturated heterocycles. The number of amides is 1. The van der Waals surface area contributed by atoms with Gasteiger partial charge in [-0.25, -0.2) is 4.98 Å². The van der Waals surface area contributed by atoms with E-state index in [1.54, 1.807) is 0 Å². The number of fused-ring (bicyclic) bond motifs is 1. The Morgan fingerprint density at radius 1 is 1.16 bits per heavy atom. The number of hydrogen-bond acceptors (Lipinski definition) is 3. The first-order valence-electron chi connectivity index (χ1n) is 8.43. The van der Waals surface area contributed by atoms with Gasteiger partial charge in [0.25, 0.3) is 0 Å². The summed E-state index contributed by atoms with van der Waals surface area (Å²) in [6, 6.07) is 10.2. The Bertz CT molecular complexity index is 928. The van der Waals surface area contributed by atoms with E-state index in [0.29, 0.717) is 0 Å². The summed E-state index contributed by atoms with van der Waals surface area (Å²) in [6.07, 6.45) is 2.15. The number of carbonyl (C=O) groups is 1. The van der Waals surface area contributed by atoms with E-state index in [1.807, 2.05) is 29.7 Å². The van der Waals surface area contributed by atoms with Crippen molar-refractivity contribution in [1.29, 1.82) is 0 Å². The Kier molecular flexibility index (Phi) is 4.86. The smallest absolute Gasteiger partial charge is 0.226 e. The minimum absolute atomic E-state index is 0.0674. The molecule has 0 aliphatic heterocycles. The molecule has 0 spiro atoms. The summed E-state index contributed by atoms with van der Waals surface area (Å²) in [6.45, 7) is 6.36. The molecule has 0 aliphatic rings. The number of benzene rings is 1. The Morgan fingerprint density at radius 2 is 1.96 bits per heavy atom. The van der Waals surface area contributed by atoms with Crippen molar-refractivity contribution in [2.24, 2.45) is 0 Å². The van der Waals surface area contributed by atoms with Gasteiger partial charge in [-0.1, -0.05) is 18.2 Å². The third-order valence-electron chi connectivity index (χ3n) is 4.49. The van der Waals surface area contributed by atoms with Gasteiger partial charge in [0.15, 0.2) is 0 Å². The number of imidazole rings is 1. The van der Waals surface area contributed by atoms with Crippen molar-refractivity contribution >= 4 is 11.6 Å². The Labute approximate surface area is 147 Å². The molecule has 0 aliphatic carbocycles. The molecule has 1 amide bonds. The summed E-state index contributed by atoms with van der Waals surface area (Å²) in [5, 5.41) is 11.6. The maximum Gasteiger partial charge on any atom is 0.226 e. The molecule has 2 N–H and O–H groups in total. The minimum Gasteiger partial charge on any atom is -0.395 e. The van der Waals surface area contributed by atoms with Crippen molar-refractivity contribution in [3.05, 3.63) is 58.9 Å². The fraction of sp³-hybridized carbons (Fsp3) is 0.300. The molecule has 1 aromatic carbocycles. The van der Waals surface area contributed by atoms with E-state index in [2.05, 4.69) is 37.4 Å². The van der Waals surface area contributed by atoms with E-state index in [0.717, 1.165) is 28.2 Å². The number of nitrogens with one attached hydrogen (secondary N) is 1. The van der Waals surface area contributed by atoms with Gasteiger partial charge in [-0.3, -0.25) is 4.79 Å². The van der Waals surface area contributed by atoms with Crippen LogP contribution >= 0.6 is 0 Å².